The Bertz CT molecular complexity index is 1450. The van der Waals surface area contributed by atoms with Gasteiger partial charge in [0.25, 0.3) is 0 Å². The maximum absolute atomic E-state index is 13.9. The summed E-state index contributed by atoms with van der Waals surface area (Å²) in [7, 11) is 6.09. The predicted molar refractivity (Wildman–Crippen MR) is 158 cm³/mol. The summed E-state index contributed by atoms with van der Waals surface area (Å²) in [6, 6.07) is 20.6. The Morgan fingerprint density at radius 2 is 1.45 bits per heavy atom. The number of nitrogens with zero attached hydrogens (tertiary/aromatic N) is 3. The number of rotatable bonds is 9. The zero-order valence-corrected chi connectivity index (χ0v) is 24.8. The van der Waals surface area contributed by atoms with Gasteiger partial charge in [0.1, 0.15) is 17.8 Å². The summed E-state index contributed by atoms with van der Waals surface area (Å²) in [6.07, 6.45) is 0.865. The molecule has 0 N–H and O–H groups in total. The second kappa shape index (κ2) is 11.9. The zero-order valence-electron chi connectivity index (χ0n) is 24.8. The normalized spacial score (nSPS) is 18.6. The summed E-state index contributed by atoms with van der Waals surface area (Å²) >= 11 is 0. The molecule has 0 unspecified atom stereocenters. The third-order valence-electron chi connectivity index (χ3n) is 8.46. The minimum absolute atomic E-state index is 0.104. The molecule has 42 heavy (non-hydrogen) atoms. The third-order valence-corrected chi connectivity index (χ3v) is 8.46. The number of hydrogen-bond donors (Lipinski definition) is 0. The van der Waals surface area contributed by atoms with Crippen molar-refractivity contribution in [2.45, 2.75) is 32.4 Å². The molecular formula is C33H37N3O6. The molecule has 0 saturated carbocycles. The molecule has 4 amide bonds. The first-order valence-corrected chi connectivity index (χ1v) is 14.0. The number of carbonyl (C=O) groups is 3. The number of benzene rings is 3. The van der Waals surface area contributed by atoms with Gasteiger partial charge in [0.2, 0.25) is 11.8 Å². The first kappa shape index (κ1) is 29.1. The zero-order chi connectivity index (χ0) is 30.0. The van der Waals surface area contributed by atoms with E-state index in [1.165, 1.54) is 14.1 Å². The Labute approximate surface area is 246 Å². The van der Waals surface area contributed by atoms with Gasteiger partial charge >= 0.3 is 6.03 Å². The molecule has 1 fully saturated rings. The highest BCUT2D eigenvalue weighted by molar-refractivity contribution is 6.19. The van der Waals surface area contributed by atoms with Crippen LogP contribution in [-0.2, 0) is 29.0 Å². The van der Waals surface area contributed by atoms with E-state index in [1.54, 1.807) is 14.2 Å². The molecule has 2 aliphatic rings. The molecule has 1 saturated heterocycles. The summed E-state index contributed by atoms with van der Waals surface area (Å²) in [6.45, 7) is 3.30. The number of methoxy groups -OCH3 is 2. The molecule has 0 radical (unpaired) electrons. The van der Waals surface area contributed by atoms with E-state index >= 15 is 0 Å². The number of urea groups is 1. The molecule has 0 aromatic heterocycles. The van der Waals surface area contributed by atoms with E-state index < -0.39 is 23.3 Å². The van der Waals surface area contributed by atoms with Gasteiger partial charge in [-0.1, -0.05) is 42.5 Å². The van der Waals surface area contributed by atoms with Crippen LogP contribution in [0.2, 0.25) is 0 Å². The number of carbonyl (C=O) groups excluding carboxylic acids is 3. The maximum atomic E-state index is 13.9. The highest BCUT2D eigenvalue weighted by Crippen LogP contribution is 2.41. The Kier molecular flexibility index (Phi) is 8.22. The summed E-state index contributed by atoms with van der Waals surface area (Å²) in [5.74, 6) is 0.997. The van der Waals surface area contributed by atoms with Crippen LogP contribution in [0.4, 0.5) is 4.79 Å². The minimum atomic E-state index is -1.48. The standard InChI is InChI=1S/C33H37N3O6/c1-22-27-18-29(41-5)28(40-4)17-25(27)15-16-36(22)21-33(30(37)34(2)32(39)35(3)31(33)38)19-23-11-13-26(14-12-23)42-20-24-9-7-6-8-10-24/h6-14,17-18,22H,15-16,19-21H2,1-5H3/t22-/m1/s1. The van der Waals surface area contributed by atoms with Crippen molar-refractivity contribution in [1.29, 1.82) is 0 Å². The first-order valence-electron chi connectivity index (χ1n) is 14.0. The van der Waals surface area contributed by atoms with Crippen molar-refractivity contribution in [2.24, 2.45) is 5.41 Å². The van der Waals surface area contributed by atoms with Gasteiger partial charge in [-0.05, 0) is 66.3 Å². The smallest absolute Gasteiger partial charge is 0.332 e. The van der Waals surface area contributed by atoms with Gasteiger partial charge in [-0.3, -0.25) is 24.3 Å². The van der Waals surface area contributed by atoms with Crippen LogP contribution in [-0.4, -0.2) is 73.9 Å². The molecule has 0 bridgehead atoms. The average molecular weight is 572 g/mol. The van der Waals surface area contributed by atoms with E-state index in [0.29, 0.717) is 30.4 Å². The number of ether oxygens (including phenoxy) is 3. The molecule has 3 aromatic rings. The van der Waals surface area contributed by atoms with Gasteiger partial charge in [-0.2, -0.15) is 0 Å². The van der Waals surface area contributed by atoms with Gasteiger partial charge in [0.05, 0.1) is 14.2 Å². The van der Waals surface area contributed by atoms with E-state index in [4.69, 9.17) is 14.2 Å². The van der Waals surface area contributed by atoms with Gasteiger partial charge in [-0.15, -0.1) is 0 Å². The lowest BCUT2D eigenvalue weighted by atomic mass is 9.76. The van der Waals surface area contributed by atoms with Crippen LogP contribution in [0.1, 0.15) is 35.2 Å². The van der Waals surface area contributed by atoms with Crippen LogP contribution < -0.4 is 14.2 Å². The minimum Gasteiger partial charge on any atom is -0.493 e. The molecule has 5 rings (SSSR count). The Morgan fingerprint density at radius 3 is 2.07 bits per heavy atom. The first-order chi connectivity index (χ1) is 20.2. The molecule has 0 spiro atoms. The van der Waals surface area contributed by atoms with Gasteiger partial charge < -0.3 is 14.2 Å². The number of barbiturate groups is 1. The summed E-state index contributed by atoms with van der Waals surface area (Å²) in [5.41, 5.74) is 2.58. The van der Waals surface area contributed by atoms with Crippen molar-refractivity contribution in [1.82, 2.24) is 14.7 Å². The van der Waals surface area contributed by atoms with Crippen molar-refractivity contribution in [3.8, 4) is 17.2 Å². The van der Waals surface area contributed by atoms with Crippen molar-refractivity contribution in [2.75, 3.05) is 41.4 Å². The lowest BCUT2D eigenvalue weighted by molar-refractivity contribution is -0.159. The molecule has 2 heterocycles. The topological polar surface area (TPSA) is 88.6 Å². The van der Waals surface area contributed by atoms with E-state index in [1.807, 2.05) is 66.7 Å². The van der Waals surface area contributed by atoms with Crippen molar-refractivity contribution in [3.05, 3.63) is 89.0 Å². The van der Waals surface area contributed by atoms with E-state index in [9.17, 15) is 14.4 Å². The van der Waals surface area contributed by atoms with Gasteiger partial charge in [0, 0.05) is 33.2 Å². The Hall–Kier alpha value is -4.37. The van der Waals surface area contributed by atoms with E-state index in [0.717, 1.165) is 38.5 Å². The number of imide groups is 2. The van der Waals surface area contributed by atoms with E-state index in [-0.39, 0.29) is 19.0 Å². The maximum Gasteiger partial charge on any atom is 0.332 e. The van der Waals surface area contributed by atoms with E-state index in [2.05, 4.69) is 11.8 Å². The summed E-state index contributed by atoms with van der Waals surface area (Å²) < 4.78 is 17.0. The number of hydrogen-bond acceptors (Lipinski definition) is 7. The van der Waals surface area contributed by atoms with Crippen LogP contribution >= 0.6 is 0 Å². The van der Waals surface area contributed by atoms with Crippen LogP contribution in [0.5, 0.6) is 17.2 Å². The van der Waals surface area contributed by atoms with Crippen molar-refractivity contribution >= 4 is 17.8 Å². The highest BCUT2D eigenvalue weighted by Gasteiger charge is 2.56. The monoisotopic (exact) mass is 571 g/mol. The molecule has 9 heteroatoms. The molecule has 0 aliphatic carbocycles. The van der Waals surface area contributed by atoms with Crippen molar-refractivity contribution in [3.63, 3.8) is 0 Å². The Balaban J connectivity index is 1.43. The Morgan fingerprint density at radius 1 is 0.833 bits per heavy atom. The molecule has 220 valence electrons. The van der Waals surface area contributed by atoms with Crippen LogP contribution in [0.15, 0.2) is 66.7 Å². The molecule has 1 atom stereocenters. The van der Waals surface area contributed by atoms with Crippen LogP contribution in [0.3, 0.4) is 0 Å². The summed E-state index contributed by atoms with van der Waals surface area (Å²) in [5, 5.41) is 0. The number of amides is 4. The fraction of sp³-hybridized carbons (Fsp3) is 0.364. The highest BCUT2D eigenvalue weighted by atomic mass is 16.5. The fourth-order valence-corrected chi connectivity index (χ4v) is 6.03. The lowest BCUT2D eigenvalue weighted by Gasteiger charge is -2.46. The van der Waals surface area contributed by atoms with Gasteiger partial charge in [-0.25, -0.2) is 4.79 Å². The number of fused-ring (bicyclic) bond motifs is 1. The van der Waals surface area contributed by atoms with Crippen molar-refractivity contribution < 1.29 is 28.6 Å². The third kappa shape index (κ3) is 5.32. The molecule has 3 aromatic carbocycles. The second-order valence-corrected chi connectivity index (χ2v) is 11.0. The molecular weight excluding hydrogens is 534 g/mol. The largest absolute Gasteiger partial charge is 0.493 e. The molecule has 2 aliphatic heterocycles. The van der Waals surface area contributed by atoms with Gasteiger partial charge in [0.15, 0.2) is 11.5 Å². The predicted octanol–water partition coefficient (Wildman–Crippen LogP) is 4.48. The fourth-order valence-electron chi connectivity index (χ4n) is 6.03. The SMILES string of the molecule is COc1cc2c(cc1OC)[C@@H](C)N(CC1(Cc3ccc(OCc4ccccc4)cc3)C(=O)N(C)C(=O)N(C)C1=O)CC2. The summed E-state index contributed by atoms with van der Waals surface area (Å²) in [4.78, 5) is 44.9. The molecule has 9 nitrogen and oxygen atoms in total. The average Bonchev–Trinajstić information content (AvgIpc) is 3.02. The lowest BCUT2D eigenvalue weighted by Crippen LogP contribution is -2.67. The van der Waals surface area contributed by atoms with Crippen LogP contribution in [0, 0.1) is 5.41 Å². The second-order valence-electron chi connectivity index (χ2n) is 11.0. The quantitative estimate of drug-likeness (QED) is 0.350. The van der Waals surface area contributed by atoms with Crippen LogP contribution in [0.25, 0.3) is 0 Å².